The van der Waals surface area contributed by atoms with Crippen LogP contribution in [0.5, 0.6) is 5.75 Å². The van der Waals surface area contributed by atoms with Gasteiger partial charge >= 0.3 is 0 Å². The van der Waals surface area contributed by atoms with Crippen LogP contribution in [0.4, 0.5) is 0 Å². The normalized spacial score (nSPS) is 16.9. The second-order valence-corrected chi connectivity index (χ2v) is 8.58. The first-order valence-electron chi connectivity index (χ1n) is 11.3. The Morgan fingerprint density at radius 2 is 1.91 bits per heavy atom. The molecule has 1 aliphatic rings. The summed E-state index contributed by atoms with van der Waals surface area (Å²) >= 11 is 0. The molecule has 9 heteroatoms. The number of nitrogens with zero attached hydrogens (tertiary/aromatic N) is 3. The molecule has 1 aliphatic heterocycles. The molecule has 0 spiro atoms. The van der Waals surface area contributed by atoms with E-state index in [9.17, 15) is 5.11 Å². The standard InChI is InChI=1S/C23H41N5O3.HI/c1-5-24-22(26-18-23(2,29)19-28-12-15-30-16-13-28)25-17-20-7-9-21(10-8-20)31-14-6-11-27(3)4;/h7-10,29H,5-6,11-19H2,1-4H3,(H2,24,25,26);1H. The number of β-amino-alcohol motifs (C(OH)–C–C–N with tert-alkyl or cyclic N) is 1. The third-order valence-corrected chi connectivity index (χ3v) is 5.01. The van der Waals surface area contributed by atoms with Crippen molar-refractivity contribution in [2.75, 3.05) is 73.2 Å². The van der Waals surface area contributed by atoms with E-state index in [1.165, 1.54) is 0 Å². The van der Waals surface area contributed by atoms with Crippen molar-refractivity contribution in [3.8, 4) is 5.75 Å². The lowest BCUT2D eigenvalue weighted by Gasteiger charge is -2.34. The van der Waals surface area contributed by atoms with E-state index >= 15 is 0 Å². The molecular formula is C23H42IN5O3. The maximum absolute atomic E-state index is 10.8. The highest BCUT2D eigenvalue weighted by atomic mass is 127. The summed E-state index contributed by atoms with van der Waals surface area (Å²) in [6.07, 6.45) is 1.01. The number of nitrogens with one attached hydrogen (secondary N) is 2. The van der Waals surface area contributed by atoms with Crippen LogP contribution >= 0.6 is 24.0 Å². The highest BCUT2D eigenvalue weighted by Crippen LogP contribution is 2.13. The predicted molar refractivity (Wildman–Crippen MR) is 141 cm³/mol. The third-order valence-electron chi connectivity index (χ3n) is 5.01. The zero-order valence-corrected chi connectivity index (χ0v) is 22.4. The zero-order chi connectivity index (χ0) is 22.5. The Bertz CT molecular complexity index is 650. The second kappa shape index (κ2) is 15.7. The Kier molecular flexibility index (Phi) is 14.1. The number of rotatable bonds is 12. The molecule has 184 valence electrons. The molecule has 32 heavy (non-hydrogen) atoms. The average Bonchev–Trinajstić information content (AvgIpc) is 2.74. The Morgan fingerprint density at radius 3 is 2.53 bits per heavy atom. The van der Waals surface area contributed by atoms with Gasteiger partial charge in [-0.2, -0.15) is 0 Å². The first-order valence-corrected chi connectivity index (χ1v) is 11.3. The topological polar surface area (TPSA) is 81.6 Å². The van der Waals surface area contributed by atoms with Crippen LogP contribution in [0.25, 0.3) is 0 Å². The molecule has 0 bridgehead atoms. The molecule has 0 aliphatic carbocycles. The van der Waals surface area contributed by atoms with Crippen LogP contribution in [-0.4, -0.2) is 99.7 Å². The number of ether oxygens (including phenoxy) is 2. The van der Waals surface area contributed by atoms with Gasteiger partial charge in [-0.25, -0.2) is 4.99 Å². The number of morpholine rings is 1. The molecular weight excluding hydrogens is 521 g/mol. The van der Waals surface area contributed by atoms with Crippen molar-refractivity contribution in [2.45, 2.75) is 32.4 Å². The van der Waals surface area contributed by atoms with Crippen LogP contribution in [0, 0.1) is 0 Å². The molecule has 1 heterocycles. The van der Waals surface area contributed by atoms with E-state index in [1.54, 1.807) is 0 Å². The molecule has 1 aromatic carbocycles. The van der Waals surface area contributed by atoms with Gasteiger partial charge in [0.15, 0.2) is 5.96 Å². The van der Waals surface area contributed by atoms with Crippen molar-refractivity contribution in [3.63, 3.8) is 0 Å². The minimum Gasteiger partial charge on any atom is -0.494 e. The van der Waals surface area contributed by atoms with Crippen LogP contribution < -0.4 is 15.4 Å². The minimum atomic E-state index is -0.848. The van der Waals surface area contributed by atoms with Crippen molar-refractivity contribution < 1.29 is 14.6 Å². The van der Waals surface area contributed by atoms with E-state index in [-0.39, 0.29) is 24.0 Å². The van der Waals surface area contributed by atoms with Crippen molar-refractivity contribution in [1.29, 1.82) is 0 Å². The SMILES string of the molecule is CCNC(=NCc1ccc(OCCCN(C)C)cc1)NCC(C)(O)CN1CCOCC1.I. The van der Waals surface area contributed by atoms with E-state index < -0.39 is 5.60 Å². The van der Waals surface area contributed by atoms with Gasteiger partial charge in [-0.05, 0) is 52.1 Å². The number of hydrogen-bond acceptors (Lipinski definition) is 6. The number of hydrogen-bond donors (Lipinski definition) is 3. The van der Waals surface area contributed by atoms with Gasteiger partial charge in [-0.15, -0.1) is 24.0 Å². The van der Waals surface area contributed by atoms with E-state index in [0.717, 1.165) is 57.1 Å². The molecule has 1 fully saturated rings. The van der Waals surface area contributed by atoms with Crippen LogP contribution in [-0.2, 0) is 11.3 Å². The number of halogens is 1. The van der Waals surface area contributed by atoms with Gasteiger partial charge in [-0.1, -0.05) is 12.1 Å². The quantitative estimate of drug-likeness (QED) is 0.155. The van der Waals surface area contributed by atoms with Gasteiger partial charge in [0.25, 0.3) is 0 Å². The van der Waals surface area contributed by atoms with Crippen molar-refractivity contribution >= 4 is 29.9 Å². The van der Waals surface area contributed by atoms with Gasteiger partial charge in [0.1, 0.15) is 5.75 Å². The minimum absolute atomic E-state index is 0. The molecule has 0 aromatic heterocycles. The fourth-order valence-electron chi connectivity index (χ4n) is 3.35. The highest BCUT2D eigenvalue weighted by Gasteiger charge is 2.25. The van der Waals surface area contributed by atoms with Gasteiger partial charge in [0.05, 0.1) is 32.0 Å². The van der Waals surface area contributed by atoms with Crippen LogP contribution in [0.1, 0.15) is 25.8 Å². The Labute approximate surface area is 210 Å². The zero-order valence-electron chi connectivity index (χ0n) is 20.1. The summed E-state index contributed by atoms with van der Waals surface area (Å²) in [7, 11) is 4.13. The Balaban J connectivity index is 0.00000512. The number of aliphatic imine (C=N–C) groups is 1. The monoisotopic (exact) mass is 563 g/mol. The summed E-state index contributed by atoms with van der Waals surface area (Å²) in [5, 5.41) is 17.3. The molecule has 1 aromatic rings. The summed E-state index contributed by atoms with van der Waals surface area (Å²) in [5.41, 5.74) is 0.261. The van der Waals surface area contributed by atoms with Crippen LogP contribution in [0.3, 0.4) is 0 Å². The van der Waals surface area contributed by atoms with Gasteiger partial charge < -0.3 is 30.1 Å². The van der Waals surface area contributed by atoms with Crippen molar-refractivity contribution in [3.05, 3.63) is 29.8 Å². The molecule has 0 radical (unpaired) electrons. The van der Waals surface area contributed by atoms with Gasteiger partial charge in [0, 0.05) is 39.3 Å². The summed E-state index contributed by atoms with van der Waals surface area (Å²) in [5.74, 6) is 1.59. The first kappa shape index (κ1) is 28.9. The number of benzene rings is 1. The lowest BCUT2D eigenvalue weighted by atomic mass is 10.1. The lowest BCUT2D eigenvalue weighted by molar-refractivity contribution is -0.0201. The Hall–Kier alpha value is -1.14. The summed E-state index contributed by atoms with van der Waals surface area (Å²) < 4.78 is 11.2. The number of aliphatic hydroxyl groups is 1. The van der Waals surface area contributed by atoms with Gasteiger partial charge in [-0.3, -0.25) is 4.90 Å². The van der Waals surface area contributed by atoms with E-state index in [1.807, 2.05) is 38.1 Å². The smallest absolute Gasteiger partial charge is 0.191 e. The average molecular weight is 564 g/mol. The highest BCUT2D eigenvalue weighted by molar-refractivity contribution is 14.0. The fraction of sp³-hybridized carbons (Fsp3) is 0.696. The molecule has 1 saturated heterocycles. The molecule has 3 N–H and O–H groups in total. The molecule has 1 atom stereocenters. The van der Waals surface area contributed by atoms with Gasteiger partial charge in [0.2, 0.25) is 0 Å². The lowest BCUT2D eigenvalue weighted by Crippen LogP contribution is -2.52. The second-order valence-electron chi connectivity index (χ2n) is 8.58. The molecule has 0 saturated carbocycles. The fourth-order valence-corrected chi connectivity index (χ4v) is 3.35. The molecule has 8 nitrogen and oxygen atoms in total. The molecule has 1 unspecified atom stereocenters. The largest absolute Gasteiger partial charge is 0.494 e. The van der Waals surface area contributed by atoms with E-state index in [4.69, 9.17) is 9.47 Å². The molecule has 0 amide bonds. The van der Waals surface area contributed by atoms with Crippen LogP contribution in [0.2, 0.25) is 0 Å². The summed E-state index contributed by atoms with van der Waals surface area (Å²) in [6, 6.07) is 8.08. The first-order chi connectivity index (χ1) is 14.9. The van der Waals surface area contributed by atoms with E-state index in [0.29, 0.717) is 32.2 Å². The maximum atomic E-state index is 10.8. The predicted octanol–water partition coefficient (Wildman–Crippen LogP) is 1.77. The summed E-state index contributed by atoms with van der Waals surface area (Å²) in [6.45, 7) is 11.2. The summed E-state index contributed by atoms with van der Waals surface area (Å²) in [4.78, 5) is 9.05. The van der Waals surface area contributed by atoms with E-state index in [2.05, 4.69) is 39.5 Å². The van der Waals surface area contributed by atoms with Crippen molar-refractivity contribution in [1.82, 2.24) is 20.4 Å². The number of guanidine groups is 1. The molecule has 2 rings (SSSR count). The maximum Gasteiger partial charge on any atom is 0.191 e. The van der Waals surface area contributed by atoms with Crippen LogP contribution in [0.15, 0.2) is 29.3 Å². The Morgan fingerprint density at radius 1 is 1.22 bits per heavy atom. The third kappa shape index (κ3) is 12.2. The van der Waals surface area contributed by atoms with Crippen molar-refractivity contribution in [2.24, 2.45) is 4.99 Å².